The number of hydrogen-bond acceptors (Lipinski definition) is 3. The van der Waals surface area contributed by atoms with Crippen molar-refractivity contribution in [2.45, 2.75) is 6.54 Å². The summed E-state index contributed by atoms with van der Waals surface area (Å²) in [5.41, 5.74) is 2.10. The van der Waals surface area contributed by atoms with Crippen LogP contribution in [0, 0.1) is 0 Å². The molecule has 3 aromatic rings. The fraction of sp³-hybridized carbons (Fsp3) is 0.0952. The molecule has 0 heterocycles. The molecule has 3 rings (SSSR count). The van der Waals surface area contributed by atoms with E-state index in [1.165, 1.54) is 4.31 Å². The predicted octanol–water partition coefficient (Wildman–Crippen LogP) is 5.97. The minimum atomic E-state index is -3.62. The number of carbonyl (C=O) groups is 1. The van der Waals surface area contributed by atoms with Crippen molar-refractivity contribution in [1.29, 1.82) is 0 Å². The van der Waals surface area contributed by atoms with E-state index in [2.05, 4.69) is 21.2 Å². The topological polar surface area (TPSA) is 66.5 Å². The second kappa shape index (κ2) is 9.39. The number of nitrogens with zero attached hydrogens (tertiary/aromatic N) is 1. The molecule has 30 heavy (non-hydrogen) atoms. The first kappa shape index (κ1) is 22.6. The molecule has 1 N–H and O–H groups in total. The van der Waals surface area contributed by atoms with Crippen molar-refractivity contribution in [2.75, 3.05) is 15.9 Å². The quantitative estimate of drug-likeness (QED) is 0.429. The van der Waals surface area contributed by atoms with Gasteiger partial charge in [-0.25, -0.2) is 8.42 Å². The molecule has 0 atom stereocenters. The van der Waals surface area contributed by atoms with E-state index in [1.54, 1.807) is 54.6 Å². The van der Waals surface area contributed by atoms with E-state index in [9.17, 15) is 13.2 Å². The molecule has 0 radical (unpaired) electrons. The molecule has 1 amide bonds. The number of rotatable bonds is 6. The maximum Gasteiger partial charge on any atom is 0.255 e. The summed E-state index contributed by atoms with van der Waals surface area (Å²) in [5.74, 6) is -0.266. The van der Waals surface area contributed by atoms with Crippen molar-refractivity contribution >= 4 is 66.4 Å². The van der Waals surface area contributed by atoms with Gasteiger partial charge in [-0.1, -0.05) is 63.4 Å². The normalized spacial score (nSPS) is 11.2. The first-order chi connectivity index (χ1) is 14.1. The van der Waals surface area contributed by atoms with Crippen LogP contribution >= 0.6 is 39.1 Å². The highest BCUT2D eigenvalue weighted by Crippen LogP contribution is 2.34. The smallest absolute Gasteiger partial charge is 0.255 e. The van der Waals surface area contributed by atoms with Crippen molar-refractivity contribution < 1.29 is 13.2 Å². The van der Waals surface area contributed by atoms with Crippen LogP contribution in [-0.4, -0.2) is 20.6 Å². The number of anilines is 2. The van der Waals surface area contributed by atoms with Gasteiger partial charge in [0.15, 0.2) is 0 Å². The van der Waals surface area contributed by atoms with Gasteiger partial charge in [-0.15, -0.1) is 0 Å². The molecule has 3 aromatic carbocycles. The molecule has 9 heteroatoms. The molecule has 0 fully saturated rings. The standard InChI is InChI=1S/C21H17BrCl2N2O3S/c1-30(28,29)26(19-7-3-6-18(23)20(19)24)13-14-8-10-15(11-9-14)21(27)25-17-5-2-4-16(22)12-17/h2-12H,13H2,1H3,(H,25,27). The predicted molar refractivity (Wildman–Crippen MR) is 126 cm³/mol. The summed E-state index contributed by atoms with van der Waals surface area (Å²) in [6.07, 6.45) is 1.10. The minimum absolute atomic E-state index is 0.0480. The van der Waals surface area contributed by atoms with Crippen LogP contribution in [0.1, 0.15) is 15.9 Å². The van der Waals surface area contributed by atoms with E-state index in [-0.39, 0.29) is 22.5 Å². The van der Waals surface area contributed by atoms with Gasteiger partial charge >= 0.3 is 0 Å². The lowest BCUT2D eigenvalue weighted by atomic mass is 10.1. The van der Waals surface area contributed by atoms with E-state index < -0.39 is 10.0 Å². The lowest BCUT2D eigenvalue weighted by molar-refractivity contribution is 0.102. The van der Waals surface area contributed by atoms with Crippen molar-refractivity contribution in [3.8, 4) is 0 Å². The summed E-state index contributed by atoms with van der Waals surface area (Å²) in [6.45, 7) is 0.0480. The molecule has 0 saturated carbocycles. The molecule has 0 aliphatic rings. The molecule has 0 saturated heterocycles. The van der Waals surface area contributed by atoms with Gasteiger partial charge in [0.25, 0.3) is 5.91 Å². The maximum atomic E-state index is 12.5. The second-order valence-electron chi connectivity index (χ2n) is 6.50. The third-order valence-corrected chi connectivity index (χ3v) is 6.65. The van der Waals surface area contributed by atoms with Gasteiger partial charge in [-0.3, -0.25) is 9.10 Å². The molecule has 0 bridgehead atoms. The van der Waals surface area contributed by atoms with Gasteiger partial charge in [-0.05, 0) is 48.0 Å². The number of nitrogens with one attached hydrogen (secondary N) is 1. The molecule has 156 valence electrons. The summed E-state index contributed by atoms with van der Waals surface area (Å²) in [6, 6.07) is 18.8. The Kier molecular flexibility index (Phi) is 7.08. The Balaban J connectivity index is 1.80. The number of benzene rings is 3. The highest BCUT2D eigenvalue weighted by atomic mass is 79.9. The van der Waals surface area contributed by atoms with Gasteiger partial charge in [-0.2, -0.15) is 0 Å². The molecular weight excluding hydrogens is 511 g/mol. The lowest BCUT2D eigenvalue weighted by Gasteiger charge is -2.24. The number of carbonyl (C=O) groups excluding carboxylic acids is 1. The number of amides is 1. The largest absolute Gasteiger partial charge is 0.322 e. The van der Waals surface area contributed by atoms with E-state index >= 15 is 0 Å². The van der Waals surface area contributed by atoms with Gasteiger partial charge in [0.05, 0.1) is 28.5 Å². The Bertz CT molecular complexity index is 1190. The van der Waals surface area contributed by atoms with Crippen LogP contribution in [0.4, 0.5) is 11.4 Å². The number of halogens is 3. The van der Waals surface area contributed by atoms with Gasteiger partial charge in [0.2, 0.25) is 10.0 Å². The number of sulfonamides is 1. The van der Waals surface area contributed by atoms with Gasteiger partial charge in [0.1, 0.15) is 0 Å². The summed E-state index contributed by atoms with van der Waals surface area (Å²) in [7, 11) is -3.62. The van der Waals surface area contributed by atoms with E-state index in [0.717, 1.165) is 10.7 Å². The monoisotopic (exact) mass is 526 g/mol. The fourth-order valence-electron chi connectivity index (χ4n) is 2.76. The van der Waals surface area contributed by atoms with Crippen LogP contribution in [0.5, 0.6) is 0 Å². The third-order valence-electron chi connectivity index (χ3n) is 4.23. The molecule has 0 aliphatic heterocycles. The highest BCUT2D eigenvalue weighted by Gasteiger charge is 2.21. The van der Waals surface area contributed by atoms with Crippen LogP contribution in [-0.2, 0) is 16.6 Å². The Labute approximate surface area is 193 Å². The zero-order valence-corrected chi connectivity index (χ0v) is 19.7. The zero-order valence-electron chi connectivity index (χ0n) is 15.8. The van der Waals surface area contributed by atoms with Gasteiger partial charge < -0.3 is 5.32 Å². The van der Waals surface area contributed by atoms with Crippen LogP contribution < -0.4 is 9.62 Å². The Hall–Kier alpha value is -2.06. The number of hydrogen-bond donors (Lipinski definition) is 1. The van der Waals surface area contributed by atoms with E-state index in [0.29, 0.717) is 22.5 Å². The Morgan fingerprint density at radius 3 is 2.33 bits per heavy atom. The third kappa shape index (κ3) is 5.55. The Morgan fingerprint density at radius 1 is 1.03 bits per heavy atom. The molecule has 0 unspecified atom stereocenters. The van der Waals surface area contributed by atoms with Crippen molar-refractivity contribution in [3.05, 3.63) is 92.4 Å². The minimum Gasteiger partial charge on any atom is -0.322 e. The summed E-state index contributed by atoms with van der Waals surface area (Å²) >= 11 is 15.6. The average molecular weight is 528 g/mol. The molecule has 0 aromatic heterocycles. The molecule has 5 nitrogen and oxygen atoms in total. The highest BCUT2D eigenvalue weighted by molar-refractivity contribution is 9.10. The van der Waals surface area contributed by atoms with Crippen molar-refractivity contribution in [2.24, 2.45) is 0 Å². The fourth-order valence-corrected chi connectivity index (χ4v) is 4.50. The summed E-state index contributed by atoms with van der Waals surface area (Å²) in [5, 5.41) is 3.24. The molecular formula is C21H17BrCl2N2O3S. The first-order valence-electron chi connectivity index (χ1n) is 8.73. The van der Waals surface area contributed by atoms with Crippen LogP contribution in [0.25, 0.3) is 0 Å². The van der Waals surface area contributed by atoms with Gasteiger partial charge in [0, 0.05) is 15.7 Å². The maximum absolute atomic E-state index is 12.5. The van der Waals surface area contributed by atoms with E-state index in [4.69, 9.17) is 23.2 Å². The van der Waals surface area contributed by atoms with Crippen LogP contribution in [0.3, 0.4) is 0 Å². The van der Waals surface area contributed by atoms with E-state index in [1.807, 2.05) is 12.1 Å². The van der Waals surface area contributed by atoms with Crippen LogP contribution in [0.15, 0.2) is 71.2 Å². The summed E-state index contributed by atoms with van der Waals surface area (Å²) < 4.78 is 26.8. The van der Waals surface area contributed by atoms with Crippen molar-refractivity contribution in [1.82, 2.24) is 0 Å². The van der Waals surface area contributed by atoms with Crippen LogP contribution in [0.2, 0.25) is 10.0 Å². The molecule has 0 aliphatic carbocycles. The first-order valence-corrected chi connectivity index (χ1v) is 12.1. The molecule has 0 spiro atoms. The zero-order chi connectivity index (χ0) is 21.9. The summed E-state index contributed by atoms with van der Waals surface area (Å²) in [4.78, 5) is 12.5. The average Bonchev–Trinajstić information content (AvgIpc) is 2.68. The second-order valence-corrected chi connectivity index (χ2v) is 10.1. The van der Waals surface area contributed by atoms with Crippen molar-refractivity contribution in [3.63, 3.8) is 0 Å². The Morgan fingerprint density at radius 2 is 1.70 bits per heavy atom. The SMILES string of the molecule is CS(=O)(=O)N(Cc1ccc(C(=O)Nc2cccc(Br)c2)cc1)c1cccc(Cl)c1Cl. The lowest BCUT2D eigenvalue weighted by Crippen LogP contribution is -2.29.